The average molecular weight is 483 g/mol. The van der Waals surface area contributed by atoms with Crippen molar-refractivity contribution in [2.45, 2.75) is 32.9 Å². The molecule has 4 rings (SSSR count). The highest BCUT2D eigenvalue weighted by molar-refractivity contribution is 7.19. The van der Waals surface area contributed by atoms with Crippen molar-refractivity contribution in [1.29, 1.82) is 0 Å². The Morgan fingerprint density at radius 2 is 2.09 bits per heavy atom. The molecule has 0 aliphatic carbocycles. The monoisotopic (exact) mass is 482 g/mol. The number of thiophene rings is 1. The van der Waals surface area contributed by atoms with E-state index < -0.39 is 5.60 Å². The van der Waals surface area contributed by atoms with Gasteiger partial charge in [0.2, 0.25) is 0 Å². The third-order valence-electron chi connectivity index (χ3n) is 5.64. The van der Waals surface area contributed by atoms with Gasteiger partial charge in [-0.05, 0) is 32.9 Å². The van der Waals surface area contributed by atoms with Crippen molar-refractivity contribution in [2.75, 3.05) is 38.8 Å². The van der Waals surface area contributed by atoms with Crippen molar-refractivity contribution in [1.82, 2.24) is 25.1 Å². The van der Waals surface area contributed by atoms with Gasteiger partial charge in [-0.15, -0.1) is 11.3 Å². The number of nitrogens with one attached hydrogen (secondary N) is 1. The lowest BCUT2D eigenvalue weighted by Gasteiger charge is -2.24. The summed E-state index contributed by atoms with van der Waals surface area (Å²) in [7, 11) is 3.38. The molecule has 0 radical (unpaired) electrons. The summed E-state index contributed by atoms with van der Waals surface area (Å²) in [6, 6.07) is 7.93. The van der Waals surface area contributed by atoms with E-state index in [0.717, 1.165) is 43.9 Å². The minimum atomic E-state index is -1.42. The van der Waals surface area contributed by atoms with Gasteiger partial charge >= 0.3 is 0 Å². The second kappa shape index (κ2) is 9.65. The second-order valence-electron chi connectivity index (χ2n) is 8.73. The van der Waals surface area contributed by atoms with E-state index in [4.69, 9.17) is 14.7 Å². The van der Waals surface area contributed by atoms with Crippen LogP contribution < -0.4 is 4.90 Å². The number of aromatic nitrogens is 4. The Balaban J connectivity index is 1.82. The normalized spacial score (nSPS) is 11.9. The smallest absolute Gasteiger partial charge is 0.254 e. The number of benzene rings is 1. The summed E-state index contributed by atoms with van der Waals surface area (Å²) in [5, 5.41) is 18.2. The third-order valence-corrected chi connectivity index (χ3v) is 6.75. The lowest BCUT2D eigenvalue weighted by Crippen LogP contribution is -2.42. The maximum Gasteiger partial charge on any atom is 0.254 e. The summed E-state index contributed by atoms with van der Waals surface area (Å²) in [4.78, 5) is 27.1. The quantitative estimate of drug-likeness (QED) is 0.376. The average Bonchev–Trinajstić information content (AvgIpc) is 3.44. The van der Waals surface area contributed by atoms with E-state index in [1.807, 2.05) is 24.3 Å². The van der Waals surface area contributed by atoms with Crippen LogP contribution in [0.25, 0.3) is 32.5 Å². The van der Waals surface area contributed by atoms with Gasteiger partial charge in [-0.25, -0.2) is 9.97 Å². The Labute approximate surface area is 202 Å². The number of nitrogens with zero attached hydrogens (tertiary/aromatic N) is 5. The summed E-state index contributed by atoms with van der Waals surface area (Å²) in [6.45, 7) is 7.49. The zero-order chi connectivity index (χ0) is 24.5. The fourth-order valence-corrected chi connectivity index (χ4v) is 5.09. The number of aromatic amines is 1. The van der Waals surface area contributed by atoms with Gasteiger partial charge in [-0.3, -0.25) is 9.89 Å². The number of aliphatic hydroxyl groups is 1. The zero-order valence-corrected chi connectivity index (χ0v) is 20.9. The molecule has 0 fully saturated rings. The molecule has 0 saturated heterocycles. The first-order valence-corrected chi connectivity index (χ1v) is 12.0. The summed E-state index contributed by atoms with van der Waals surface area (Å²) in [5.41, 5.74) is 1.22. The number of likely N-dealkylation sites (N-methyl/N-ethyl adjacent to an activating group) is 2. The number of carbonyl (C=O) groups is 1. The minimum Gasteiger partial charge on any atom is -0.383 e. The standard InChI is InChI=1S/C24H30N6O3S/c1-6-30(10-11-33-5)22-20-19(12-15(34-20)14-29(4)23(31)24(2,3)32)26-21(27-22)16-8-7-9-18-17(16)13-25-28-18/h7-9,12-13,32H,6,10-11,14H2,1-5H3,(H,25,28). The van der Waals surface area contributed by atoms with Crippen LogP contribution in [0.5, 0.6) is 0 Å². The van der Waals surface area contributed by atoms with Crippen LogP contribution in [-0.2, 0) is 16.1 Å². The van der Waals surface area contributed by atoms with Gasteiger partial charge < -0.3 is 19.6 Å². The number of anilines is 1. The molecule has 180 valence electrons. The summed E-state index contributed by atoms with van der Waals surface area (Å²) in [6.07, 6.45) is 1.79. The molecule has 0 saturated carbocycles. The van der Waals surface area contributed by atoms with Gasteiger partial charge in [0.05, 0.1) is 35.1 Å². The molecule has 9 nitrogen and oxygen atoms in total. The van der Waals surface area contributed by atoms with Crippen LogP contribution in [-0.4, -0.2) is 75.5 Å². The molecule has 2 N–H and O–H groups in total. The highest BCUT2D eigenvalue weighted by atomic mass is 32.1. The lowest BCUT2D eigenvalue weighted by molar-refractivity contribution is -0.146. The van der Waals surface area contributed by atoms with Crippen LogP contribution in [0.2, 0.25) is 0 Å². The van der Waals surface area contributed by atoms with E-state index in [1.165, 1.54) is 18.7 Å². The van der Waals surface area contributed by atoms with E-state index in [2.05, 4.69) is 22.0 Å². The Morgan fingerprint density at radius 1 is 1.29 bits per heavy atom. The van der Waals surface area contributed by atoms with Gasteiger partial charge in [-0.2, -0.15) is 5.10 Å². The molecular formula is C24H30N6O3S. The second-order valence-corrected chi connectivity index (χ2v) is 9.86. The fourth-order valence-electron chi connectivity index (χ4n) is 3.93. The summed E-state index contributed by atoms with van der Waals surface area (Å²) < 4.78 is 6.28. The molecule has 1 aromatic carbocycles. The minimum absolute atomic E-state index is 0.334. The molecule has 4 aromatic rings. The highest BCUT2D eigenvalue weighted by Gasteiger charge is 2.28. The van der Waals surface area contributed by atoms with Crippen LogP contribution in [0.3, 0.4) is 0 Å². The lowest BCUT2D eigenvalue weighted by atomic mass is 10.1. The first kappa shape index (κ1) is 24.1. The van der Waals surface area contributed by atoms with Crippen molar-refractivity contribution in [2.24, 2.45) is 0 Å². The van der Waals surface area contributed by atoms with Gasteiger partial charge in [0.25, 0.3) is 5.91 Å². The van der Waals surface area contributed by atoms with Crippen molar-refractivity contribution in [3.05, 3.63) is 35.3 Å². The maximum absolute atomic E-state index is 12.5. The van der Waals surface area contributed by atoms with Crippen molar-refractivity contribution in [3.8, 4) is 11.4 Å². The number of amides is 1. The molecule has 10 heteroatoms. The van der Waals surface area contributed by atoms with Gasteiger partial charge in [0.15, 0.2) is 11.6 Å². The fraction of sp³-hybridized carbons (Fsp3) is 0.417. The van der Waals surface area contributed by atoms with E-state index >= 15 is 0 Å². The van der Waals surface area contributed by atoms with Crippen molar-refractivity contribution < 1.29 is 14.6 Å². The molecule has 0 bridgehead atoms. The largest absolute Gasteiger partial charge is 0.383 e. The summed E-state index contributed by atoms with van der Waals surface area (Å²) >= 11 is 1.57. The Kier molecular flexibility index (Phi) is 6.83. The number of methoxy groups -OCH3 is 1. The molecule has 34 heavy (non-hydrogen) atoms. The third kappa shape index (κ3) is 4.75. The van der Waals surface area contributed by atoms with Crippen LogP contribution in [0.4, 0.5) is 5.82 Å². The molecule has 0 spiro atoms. The highest BCUT2D eigenvalue weighted by Crippen LogP contribution is 2.36. The molecule has 0 aliphatic heterocycles. The van der Waals surface area contributed by atoms with E-state index in [1.54, 1.807) is 31.7 Å². The number of hydrogen-bond acceptors (Lipinski definition) is 8. The topological polar surface area (TPSA) is 107 Å². The Morgan fingerprint density at radius 3 is 2.79 bits per heavy atom. The van der Waals surface area contributed by atoms with Gasteiger partial charge in [-0.1, -0.05) is 12.1 Å². The van der Waals surface area contributed by atoms with Gasteiger partial charge in [0, 0.05) is 43.1 Å². The van der Waals surface area contributed by atoms with Crippen LogP contribution in [0.15, 0.2) is 30.5 Å². The molecule has 1 amide bonds. The molecule has 3 heterocycles. The molecule has 0 atom stereocenters. The zero-order valence-electron chi connectivity index (χ0n) is 20.1. The number of ether oxygens (including phenoxy) is 1. The number of H-pyrrole nitrogens is 1. The van der Waals surface area contributed by atoms with Crippen LogP contribution in [0, 0.1) is 0 Å². The van der Waals surface area contributed by atoms with E-state index in [9.17, 15) is 9.90 Å². The molecular weight excluding hydrogens is 452 g/mol. The number of carbonyl (C=O) groups excluding carboxylic acids is 1. The summed E-state index contributed by atoms with van der Waals surface area (Å²) in [5.74, 6) is 1.13. The van der Waals surface area contributed by atoms with E-state index in [-0.39, 0.29) is 5.91 Å². The number of fused-ring (bicyclic) bond motifs is 2. The van der Waals surface area contributed by atoms with Gasteiger partial charge in [0.1, 0.15) is 5.60 Å². The number of hydrogen-bond donors (Lipinski definition) is 2. The Hall–Kier alpha value is -3.08. The van der Waals surface area contributed by atoms with Crippen LogP contribution in [0.1, 0.15) is 25.6 Å². The molecule has 3 aromatic heterocycles. The molecule has 0 aliphatic rings. The maximum atomic E-state index is 12.5. The van der Waals surface area contributed by atoms with Crippen LogP contribution >= 0.6 is 11.3 Å². The Bertz CT molecular complexity index is 1310. The molecule has 0 unspecified atom stereocenters. The SMILES string of the molecule is CCN(CCOC)c1nc(-c2cccc3[nH]ncc23)nc2cc(CN(C)C(=O)C(C)(C)O)sc12. The van der Waals surface area contributed by atoms with Crippen molar-refractivity contribution >= 4 is 44.2 Å². The first-order chi connectivity index (χ1) is 16.2. The van der Waals surface area contributed by atoms with Crippen molar-refractivity contribution in [3.63, 3.8) is 0 Å². The predicted octanol–water partition coefficient (Wildman–Crippen LogP) is 3.44. The van der Waals surface area contributed by atoms with E-state index in [0.29, 0.717) is 25.5 Å². The number of rotatable bonds is 9. The first-order valence-electron chi connectivity index (χ1n) is 11.2. The predicted molar refractivity (Wildman–Crippen MR) is 135 cm³/mol.